The Labute approximate surface area is 180 Å². The van der Waals surface area contributed by atoms with Crippen LogP contribution in [-0.2, 0) is 10.9 Å². The standard InChI is InChI=1S/C26H27FNOS/c1-18(2)26(15-7-8-16-26)29-23-17-19(13-14-20(23)27)30-24-11-5-3-9-21(24)28-22-10-4-6-12-25(22)30/h3-6,9-14,17-18,28H,7-8,15-16H2,1-2H3/q+1. The second kappa shape index (κ2) is 7.66. The van der Waals surface area contributed by atoms with Crippen molar-refractivity contribution in [2.45, 2.75) is 59.8 Å². The van der Waals surface area contributed by atoms with Gasteiger partial charge in [0.1, 0.15) is 16.5 Å². The van der Waals surface area contributed by atoms with Gasteiger partial charge >= 0.3 is 0 Å². The Bertz CT molecular complexity index is 1030. The molecule has 0 atom stereocenters. The van der Waals surface area contributed by atoms with Gasteiger partial charge in [0.05, 0.1) is 11.4 Å². The van der Waals surface area contributed by atoms with Crippen molar-refractivity contribution in [3.63, 3.8) is 0 Å². The van der Waals surface area contributed by atoms with Gasteiger partial charge in [0.25, 0.3) is 0 Å². The zero-order chi connectivity index (χ0) is 20.7. The van der Waals surface area contributed by atoms with E-state index in [1.54, 1.807) is 6.07 Å². The summed E-state index contributed by atoms with van der Waals surface area (Å²) >= 11 is 0. The second-order valence-corrected chi connectivity index (χ2v) is 10.5. The van der Waals surface area contributed by atoms with E-state index in [-0.39, 0.29) is 22.3 Å². The monoisotopic (exact) mass is 420 g/mol. The first-order valence-electron chi connectivity index (χ1n) is 10.8. The van der Waals surface area contributed by atoms with Crippen molar-refractivity contribution in [2.75, 3.05) is 5.32 Å². The first kappa shape index (κ1) is 19.5. The van der Waals surface area contributed by atoms with Crippen LogP contribution in [0.2, 0.25) is 0 Å². The Balaban J connectivity index is 1.60. The highest BCUT2D eigenvalue weighted by atomic mass is 32.2. The largest absolute Gasteiger partial charge is 0.484 e. The zero-order valence-electron chi connectivity index (χ0n) is 17.5. The lowest BCUT2D eigenvalue weighted by Gasteiger charge is -2.34. The van der Waals surface area contributed by atoms with E-state index in [0.717, 1.165) is 42.0 Å². The number of para-hydroxylation sites is 2. The molecule has 2 aliphatic rings. The Kier molecular flexibility index (Phi) is 4.98. The van der Waals surface area contributed by atoms with Crippen LogP contribution in [-0.4, -0.2) is 5.60 Å². The Morgan fingerprint density at radius 2 is 1.50 bits per heavy atom. The topological polar surface area (TPSA) is 21.3 Å². The molecule has 3 aromatic rings. The van der Waals surface area contributed by atoms with Crippen molar-refractivity contribution in [2.24, 2.45) is 5.92 Å². The molecule has 0 unspecified atom stereocenters. The normalized spacial score (nSPS) is 17.3. The number of fused-ring (bicyclic) bond motifs is 2. The predicted octanol–water partition coefficient (Wildman–Crippen LogP) is 7.33. The lowest BCUT2D eigenvalue weighted by molar-refractivity contribution is 0.0249. The van der Waals surface area contributed by atoms with Crippen LogP contribution >= 0.6 is 0 Å². The number of nitrogens with one attached hydrogen (secondary N) is 1. The number of hydrogen-bond acceptors (Lipinski definition) is 2. The Morgan fingerprint density at radius 1 is 0.900 bits per heavy atom. The van der Waals surface area contributed by atoms with E-state index >= 15 is 0 Å². The quantitative estimate of drug-likeness (QED) is 0.349. The molecule has 3 aromatic carbocycles. The van der Waals surface area contributed by atoms with Gasteiger partial charge in [-0.15, -0.1) is 0 Å². The van der Waals surface area contributed by atoms with Gasteiger partial charge in [0.15, 0.2) is 26.3 Å². The lowest BCUT2D eigenvalue weighted by atomic mass is 9.88. The van der Waals surface area contributed by atoms with Gasteiger partial charge in [-0.3, -0.25) is 0 Å². The Morgan fingerprint density at radius 3 is 2.10 bits per heavy atom. The number of benzene rings is 3. The summed E-state index contributed by atoms with van der Waals surface area (Å²) in [6.07, 6.45) is 4.29. The molecule has 0 aromatic heterocycles. The van der Waals surface area contributed by atoms with Crippen LogP contribution in [0, 0.1) is 11.7 Å². The molecule has 1 aliphatic carbocycles. The molecular weight excluding hydrogens is 393 g/mol. The smallest absolute Gasteiger partial charge is 0.190 e. The summed E-state index contributed by atoms with van der Waals surface area (Å²) in [5.41, 5.74) is 1.97. The average Bonchev–Trinajstić information content (AvgIpc) is 3.24. The molecule has 0 amide bonds. The summed E-state index contributed by atoms with van der Waals surface area (Å²) in [5, 5.41) is 3.55. The van der Waals surface area contributed by atoms with E-state index in [9.17, 15) is 4.39 Å². The van der Waals surface area contributed by atoms with Crippen molar-refractivity contribution in [1.29, 1.82) is 0 Å². The minimum absolute atomic E-state index is 0.257. The highest BCUT2D eigenvalue weighted by Gasteiger charge is 2.41. The third-order valence-corrected chi connectivity index (χ3v) is 8.75. The van der Waals surface area contributed by atoms with Gasteiger partial charge in [0.2, 0.25) is 0 Å². The van der Waals surface area contributed by atoms with Crippen LogP contribution in [0.15, 0.2) is 81.4 Å². The molecule has 0 saturated heterocycles. The molecule has 1 heterocycles. The third-order valence-electron chi connectivity index (χ3n) is 6.44. The second-order valence-electron chi connectivity index (χ2n) is 8.54. The summed E-state index contributed by atoms with van der Waals surface area (Å²) < 4.78 is 21.4. The fraction of sp³-hybridized carbons (Fsp3) is 0.308. The predicted molar refractivity (Wildman–Crippen MR) is 121 cm³/mol. The van der Waals surface area contributed by atoms with Crippen LogP contribution in [0.5, 0.6) is 5.75 Å². The van der Waals surface area contributed by atoms with Crippen LogP contribution in [0.1, 0.15) is 39.5 Å². The average molecular weight is 421 g/mol. The number of rotatable bonds is 4. The molecule has 0 bridgehead atoms. The Hall–Kier alpha value is -2.46. The maximum Gasteiger partial charge on any atom is 0.190 e. The highest BCUT2D eigenvalue weighted by molar-refractivity contribution is 7.97. The SMILES string of the molecule is CC(C)C1(Oc2cc([S+]3c4ccccc4Nc4ccccc43)ccc2F)CCCC1. The van der Waals surface area contributed by atoms with Gasteiger partial charge in [-0.05, 0) is 68.0 Å². The lowest BCUT2D eigenvalue weighted by Crippen LogP contribution is -2.38. The molecule has 30 heavy (non-hydrogen) atoms. The van der Waals surface area contributed by atoms with Gasteiger partial charge in [-0.25, -0.2) is 4.39 Å². The molecule has 1 N–H and O–H groups in total. The summed E-state index contributed by atoms with van der Waals surface area (Å²) in [6.45, 7) is 4.38. The molecular formula is C26H27FNOS+. The van der Waals surface area contributed by atoms with Crippen molar-refractivity contribution in [3.8, 4) is 5.75 Å². The van der Waals surface area contributed by atoms with Crippen molar-refractivity contribution in [3.05, 3.63) is 72.5 Å². The summed E-state index contributed by atoms with van der Waals surface area (Å²) in [7, 11) is -0.313. The van der Waals surface area contributed by atoms with Gasteiger partial charge in [-0.1, -0.05) is 38.1 Å². The number of hydrogen-bond donors (Lipinski definition) is 1. The van der Waals surface area contributed by atoms with Gasteiger partial charge in [0, 0.05) is 6.07 Å². The maximum absolute atomic E-state index is 14.9. The molecule has 4 heteroatoms. The van der Waals surface area contributed by atoms with Crippen LogP contribution in [0.3, 0.4) is 0 Å². The molecule has 0 spiro atoms. The zero-order valence-corrected chi connectivity index (χ0v) is 18.3. The third kappa shape index (κ3) is 3.27. The van der Waals surface area contributed by atoms with Gasteiger partial charge < -0.3 is 10.1 Å². The number of halogens is 1. The van der Waals surface area contributed by atoms with E-state index in [1.807, 2.05) is 24.3 Å². The summed E-state index contributed by atoms with van der Waals surface area (Å²) in [4.78, 5) is 3.55. The van der Waals surface area contributed by atoms with Crippen molar-refractivity contribution in [1.82, 2.24) is 0 Å². The summed E-state index contributed by atoms with van der Waals surface area (Å²) in [6, 6.07) is 22.2. The van der Waals surface area contributed by atoms with Crippen molar-refractivity contribution < 1.29 is 9.13 Å². The fourth-order valence-electron chi connectivity index (χ4n) is 4.69. The molecule has 5 rings (SSSR count). The molecule has 0 radical (unpaired) electrons. The van der Waals surface area contributed by atoms with E-state index in [2.05, 4.69) is 55.6 Å². The number of ether oxygens (including phenoxy) is 1. The minimum Gasteiger partial charge on any atom is -0.484 e. The molecule has 1 aliphatic heterocycles. The van der Waals surface area contributed by atoms with E-state index < -0.39 is 0 Å². The van der Waals surface area contributed by atoms with E-state index in [0.29, 0.717) is 11.7 Å². The number of anilines is 2. The first-order chi connectivity index (χ1) is 14.6. The van der Waals surface area contributed by atoms with E-state index in [1.165, 1.54) is 9.79 Å². The molecule has 2 nitrogen and oxygen atoms in total. The first-order valence-corrected chi connectivity index (χ1v) is 12.0. The fourth-order valence-corrected chi connectivity index (χ4v) is 6.97. The van der Waals surface area contributed by atoms with Crippen LogP contribution in [0.4, 0.5) is 15.8 Å². The maximum atomic E-state index is 14.9. The highest BCUT2D eigenvalue weighted by Crippen LogP contribution is 2.46. The van der Waals surface area contributed by atoms with Crippen molar-refractivity contribution >= 4 is 22.3 Å². The van der Waals surface area contributed by atoms with E-state index in [4.69, 9.17) is 4.74 Å². The molecule has 1 fully saturated rings. The minimum atomic E-state index is -0.313. The van der Waals surface area contributed by atoms with Crippen LogP contribution < -0.4 is 10.1 Å². The van der Waals surface area contributed by atoms with Gasteiger partial charge in [-0.2, -0.15) is 0 Å². The molecule has 1 saturated carbocycles. The molecule has 154 valence electrons. The van der Waals surface area contributed by atoms with Crippen LogP contribution in [0.25, 0.3) is 0 Å². The summed E-state index contributed by atoms with van der Waals surface area (Å²) in [5.74, 6) is 0.473.